The average Bonchev–Trinajstić information content (AvgIpc) is 2.14. The predicted molar refractivity (Wildman–Crippen MR) is 33.9 cm³/mol. The molecule has 1 rings (SSSR count). The summed E-state index contributed by atoms with van der Waals surface area (Å²) in [6, 6.07) is 0. The molecule has 0 fully saturated rings. The highest BCUT2D eigenvalue weighted by atomic mass is 79.9. The Bertz CT molecular complexity index is 173. The number of halogens is 1. The second kappa shape index (κ2) is 2.31. The monoisotopic (exact) mass is 175 g/mol. The molecular formula is C5H6BrNO. The van der Waals surface area contributed by atoms with Gasteiger partial charge in [0.2, 0.25) is 0 Å². The highest BCUT2D eigenvalue weighted by Gasteiger charge is 1.97. The van der Waals surface area contributed by atoms with Gasteiger partial charge >= 0.3 is 0 Å². The fourth-order valence-corrected chi connectivity index (χ4v) is 0.992. The second-order valence-corrected chi connectivity index (χ2v) is 2.06. The topological polar surface area (TPSA) is 26.0 Å². The number of oxazole rings is 1. The van der Waals surface area contributed by atoms with Crippen molar-refractivity contribution in [1.82, 2.24) is 4.98 Å². The molecule has 0 aliphatic carbocycles. The van der Waals surface area contributed by atoms with Crippen LogP contribution in [0, 0.1) is 6.92 Å². The molecule has 3 heteroatoms. The summed E-state index contributed by atoms with van der Waals surface area (Å²) in [4.78, 5) is 3.89. The lowest BCUT2D eigenvalue weighted by Gasteiger charge is -1.83. The quantitative estimate of drug-likeness (QED) is 0.610. The first-order chi connectivity index (χ1) is 3.84. The van der Waals surface area contributed by atoms with E-state index >= 15 is 0 Å². The van der Waals surface area contributed by atoms with Crippen LogP contribution in [-0.2, 0) is 5.33 Å². The van der Waals surface area contributed by atoms with Crippen molar-refractivity contribution in [3.8, 4) is 0 Å². The van der Waals surface area contributed by atoms with Gasteiger partial charge in [-0.25, -0.2) is 4.98 Å². The summed E-state index contributed by atoms with van der Waals surface area (Å²) in [5.41, 5.74) is 0.960. The Morgan fingerprint density at radius 3 is 2.88 bits per heavy atom. The van der Waals surface area contributed by atoms with Crippen LogP contribution in [0.15, 0.2) is 10.8 Å². The van der Waals surface area contributed by atoms with Crippen molar-refractivity contribution in [2.75, 3.05) is 0 Å². The molecule has 0 bridgehead atoms. The molecule has 44 valence electrons. The van der Waals surface area contributed by atoms with Crippen molar-refractivity contribution in [3.63, 3.8) is 0 Å². The number of aromatic nitrogens is 1. The molecule has 0 aliphatic rings. The van der Waals surface area contributed by atoms with E-state index in [4.69, 9.17) is 4.42 Å². The maximum atomic E-state index is 4.96. The van der Waals surface area contributed by atoms with E-state index in [1.54, 1.807) is 0 Å². The van der Waals surface area contributed by atoms with Crippen LogP contribution in [0.3, 0.4) is 0 Å². The van der Waals surface area contributed by atoms with Crippen molar-refractivity contribution in [3.05, 3.63) is 17.8 Å². The highest BCUT2D eigenvalue weighted by Crippen LogP contribution is 2.08. The first-order valence-electron chi connectivity index (χ1n) is 2.29. The average molecular weight is 176 g/mol. The van der Waals surface area contributed by atoms with E-state index in [1.807, 2.05) is 6.92 Å². The molecule has 0 unspecified atom stereocenters. The zero-order valence-corrected chi connectivity index (χ0v) is 6.10. The Kier molecular flexibility index (Phi) is 1.68. The first kappa shape index (κ1) is 5.82. The van der Waals surface area contributed by atoms with Gasteiger partial charge in [-0.2, -0.15) is 0 Å². The van der Waals surface area contributed by atoms with Crippen molar-refractivity contribution < 1.29 is 4.42 Å². The van der Waals surface area contributed by atoms with E-state index < -0.39 is 0 Å². The summed E-state index contributed by atoms with van der Waals surface area (Å²) in [6.45, 7) is 1.92. The molecule has 0 spiro atoms. The molecular weight excluding hydrogens is 170 g/mol. The molecule has 0 saturated heterocycles. The smallest absolute Gasteiger partial charge is 0.181 e. The fraction of sp³-hybridized carbons (Fsp3) is 0.400. The number of aryl methyl sites for hydroxylation is 1. The van der Waals surface area contributed by atoms with E-state index in [-0.39, 0.29) is 0 Å². The minimum Gasteiger partial charge on any atom is -0.447 e. The van der Waals surface area contributed by atoms with Crippen LogP contribution in [0.2, 0.25) is 0 Å². The minimum absolute atomic E-state index is 0.749. The molecule has 0 N–H and O–H groups in total. The molecule has 0 atom stereocenters. The molecule has 2 nitrogen and oxygen atoms in total. The van der Waals surface area contributed by atoms with Crippen LogP contribution in [-0.4, -0.2) is 4.98 Å². The van der Waals surface area contributed by atoms with Gasteiger partial charge in [0.1, 0.15) is 5.76 Å². The second-order valence-electron chi connectivity index (χ2n) is 1.49. The van der Waals surface area contributed by atoms with Crippen molar-refractivity contribution >= 4 is 15.9 Å². The van der Waals surface area contributed by atoms with E-state index in [0.29, 0.717) is 0 Å². The summed E-state index contributed by atoms with van der Waals surface area (Å²) in [5, 5.41) is 0.749. The van der Waals surface area contributed by atoms with E-state index in [0.717, 1.165) is 16.8 Å². The van der Waals surface area contributed by atoms with Crippen LogP contribution < -0.4 is 0 Å². The summed E-state index contributed by atoms with van der Waals surface area (Å²) >= 11 is 3.25. The summed E-state index contributed by atoms with van der Waals surface area (Å²) in [6.07, 6.45) is 1.45. The van der Waals surface area contributed by atoms with Crippen LogP contribution >= 0.6 is 15.9 Å². The van der Waals surface area contributed by atoms with Gasteiger partial charge in [0, 0.05) is 0 Å². The molecule has 0 aromatic carbocycles. The maximum absolute atomic E-state index is 4.96. The van der Waals surface area contributed by atoms with Crippen LogP contribution in [0.1, 0.15) is 11.5 Å². The van der Waals surface area contributed by atoms with Gasteiger partial charge in [-0.3, -0.25) is 0 Å². The third kappa shape index (κ3) is 0.916. The van der Waals surface area contributed by atoms with E-state index in [9.17, 15) is 0 Å². The van der Waals surface area contributed by atoms with Gasteiger partial charge < -0.3 is 4.42 Å². The van der Waals surface area contributed by atoms with Crippen LogP contribution in [0.4, 0.5) is 0 Å². The Labute approximate surface area is 56.0 Å². The molecule has 1 heterocycles. The van der Waals surface area contributed by atoms with Crippen LogP contribution in [0.25, 0.3) is 0 Å². The lowest BCUT2D eigenvalue weighted by molar-refractivity contribution is 0.523. The van der Waals surface area contributed by atoms with Gasteiger partial charge in [0.15, 0.2) is 6.39 Å². The van der Waals surface area contributed by atoms with Gasteiger partial charge in [-0.15, -0.1) is 0 Å². The van der Waals surface area contributed by atoms with E-state index in [2.05, 4.69) is 20.9 Å². The number of hydrogen-bond acceptors (Lipinski definition) is 2. The lowest BCUT2D eigenvalue weighted by atomic mass is 10.4. The number of nitrogens with zero attached hydrogens (tertiary/aromatic N) is 1. The predicted octanol–water partition coefficient (Wildman–Crippen LogP) is 1.88. The minimum atomic E-state index is 0.749. The number of hydrogen-bond donors (Lipinski definition) is 0. The molecule has 1 aromatic rings. The number of alkyl halides is 1. The summed E-state index contributed by atoms with van der Waals surface area (Å²) < 4.78 is 4.96. The van der Waals surface area contributed by atoms with Crippen molar-refractivity contribution in [2.24, 2.45) is 0 Å². The van der Waals surface area contributed by atoms with Crippen LogP contribution in [0.5, 0.6) is 0 Å². The zero-order chi connectivity index (χ0) is 5.98. The first-order valence-corrected chi connectivity index (χ1v) is 3.41. The molecule has 0 amide bonds. The Balaban J connectivity index is 2.92. The standard InChI is InChI=1S/C5H6BrNO/c1-4-5(2-6)8-3-7-4/h3H,2H2,1H3. The van der Waals surface area contributed by atoms with Gasteiger partial charge in [-0.05, 0) is 6.92 Å². The lowest BCUT2D eigenvalue weighted by Crippen LogP contribution is -1.75. The maximum Gasteiger partial charge on any atom is 0.181 e. The largest absolute Gasteiger partial charge is 0.447 e. The molecule has 0 aliphatic heterocycles. The van der Waals surface area contributed by atoms with E-state index in [1.165, 1.54) is 6.39 Å². The highest BCUT2D eigenvalue weighted by molar-refractivity contribution is 9.08. The fourth-order valence-electron chi connectivity index (χ4n) is 0.454. The Morgan fingerprint density at radius 1 is 1.88 bits per heavy atom. The number of rotatable bonds is 1. The third-order valence-corrected chi connectivity index (χ3v) is 1.48. The summed E-state index contributed by atoms with van der Waals surface area (Å²) in [7, 11) is 0. The Morgan fingerprint density at radius 2 is 2.62 bits per heavy atom. The Hall–Kier alpha value is -0.310. The molecule has 0 saturated carbocycles. The van der Waals surface area contributed by atoms with Crippen molar-refractivity contribution in [1.29, 1.82) is 0 Å². The van der Waals surface area contributed by atoms with Gasteiger partial charge in [0.25, 0.3) is 0 Å². The molecule has 1 aromatic heterocycles. The molecule has 8 heavy (non-hydrogen) atoms. The molecule has 0 radical (unpaired) electrons. The normalized spacial score (nSPS) is 9.75. The van der Waals surface area contributed by atoms with Gasteiger partial charge in [0.05, 0.1) is 11.0 Å². The van der Waals surface area contributed by atoms with Gasteiger partial charge in [-0.1, -0.05) is 15.9 Å². The SMILES string of the molecule is Cc1ncoc1CBr. The zero-order valence-electron chi connectivity index (χ0n) is 4.52. The third-order valence-electron chi connectivity index (χ3n) is 0.966. The summed E-state index contributed by atoms with van der Waals surface area (Å²) in [5.74, 6) is 0.907. The van der Waals surface area contributed by atoms with Crippen molar-refractivity contribution in [2.45, 2.75) is 12.3 Å².